The van der Waals surface area contributed by atoms with Crippen molar-refractivity contribution in [3.8, 4) is 11.1 Å². The summed E-state index contributed by atoms with van der Waals surface area (Å²) in [6.07, 6.45) is 0.0665. The van der Waals surface area contributed by atoms with Crippen LogP contribution in [0.15, 0.2) is 78.9 Å². The molecule has 2 amide bonds. The highest BCUT2D eigenvalue weighted by molar-refractivity contribution is 5.90. The fraction of sp³-hybridized carbons (Fsp3) is 0.323. The maximum Gasteiger partial charge on any atom is 0.408 e. The van der Waals surface area contributed by atoms with Gasteiger partial charge in [0.05, 0.1) is 0 Å². The molecule has 1 unspecified atom stereocenters. The van der Waals surface area contributed by atoms with Crippen molar-refractivity contribution >= 4 is 18.0 Å². The summed E-state index contributed by atoms with van der Waals surface area (Å²) in [4.78, 5) is 39.5. The summed E-state index contributed by atoms with van der Waals surface area (Å²) >= 11 is 0. The van der Waals surface area contributed by atoms with E-state index < -0.39 is 17.6 Å². The molecule has 3 N–H and O–H groups in total. The summed E-state index contributed by atoms with van der Waals surface area (Å²) in [6, 6.07) is 26.2. The Morgan fingerprint density at radius 3 is 2.23 bits per heavy atom. The molecule has 8 heteroatoms. The van der Waals surface area contributed by atoms with Crippen LogP contribution in [0.4, 0.5) is 4.79 Å². The van der Waals surface area contributed by atoms with Crippen molar-refractivity contribution in [3.05, 3.63) is 95.6 Å². The van der Waals surface area contributed by atoms with Gasteiger partial charge in [-0.3, -0.25) is 14.5 Å². The molecule has 1 aliphatic carbocycles. The molecule has 2 aliphatic rings. The zero-order chi connectivity index (χ0) is 27.2. The normalized spacial score (nSPS) is 18.3. The number of likely N-dealkylation sites (tertiary alicyclic amines) is 1. The number of carbonyl (C=O) groups is 3. The molecule has 1 saturated heterocycles. The van der Waals surface area contributed by atoms with Crippen LogP contribution in [-0.2, 0) is 20.9 Å². The van der Waals surface area contributed by atoms with E-state index in [0.717, 1.165) is 27.8 Å². The van der Waals surface area contributed by atoms with Gasteiger partial charge in [0.1, 0.15) is 12.1 Å². The van der Waals surface area contributed by atoms with Crippen LogP contribution in [0.25, 0.3) is 11.1 Å². The molecule has 8 nitrogen and oxygen atoms in total. The zero-order valence-corrected chi connectivity index (χ0v) is 21.8. The summed E-state index contributed by atoms with van der Waals surface area (Å²) in [5.74, 6) is -1.32. The van der Waals surface area contributed by atoms with E-state index in [1.165, 1.54) is 0 Å². The zero-order valence-electron chi connectivity index (χ0n) is 21.8. The number of alkyl carbamates (subject to hydrolysis) is 1. The number of hydrogen-bond acceptors (Lipinski definition) is 5. The molecule has 0 spiro atoms. The number of carboxylic acid groups (broad SMARTS) is 1. The predicted octanol–water partition coefficient (Wildman–Crippen LogP) is 4.15. The third-order valence-electron chi connectivity index (χ3n) is 7.57. The SMILES string of the molecule is O=C(O)CCCNC(=O)C1(NC(=O)OCC2c3ccccc3-c3ccccc32)CCN(Cc2ccccc2)C1. The highest BCUT2D eigenvalue weighted by Gasteiger charge is 2.46. The molecule has 3 aromatic carbocycles. The van der Waals surface area contributed by atoms with Gasteiger partial charge in [-0.25, -0.2) is 4.79 Å². The van der Waals surface area contributed by atoms with Crippen molar-refractivity contribution in [2.24, 2.45) is 0 Å². The molecular formula is C31H33N3O5. The first-order chi connectivity index (χ1) is 18.9. The number of nitrogens with zero attached hydrogens (tertiary/aromatic N) is 1. The highest BCUT2D eigenvalue weighted by Crippen LogP contribution is 2.44. The third kappa shape index (κ3) is 5.96. The molecule has 3 aromatic rings. The molecule has 202 valence electrons. The lowest BCUT2D eigenvalue weighted by atomic mass is 9.97. The van der Waals surface area contributed by atoms with Gasteiger partial charge in [0.25, 0.3) is 0 Å². The van der Waals surface area contributed by atoms with Crippen molar-refractivity contribution in [3.63, 3.8) is 0 Å². The fourth-order valence-electron chi connectivity index (χ4n) is 5.65. The van der Waals surface area contributed by atoms with Crippen LogP contribution in [0.2, 0.25) is 0 Å². The molecule has 39 heavy (non-hydrogen) atoms. The molecule has 1 heterocycles. The number of fused-ring (bicyclic) bond motifs is 3. The van der Waals surface area contributed by atoms with E-state index >= 15 is 0 Å². The summed E-state index contributed by atoms with van der Waals surface area (Å²) in [5, 5.41) is 14.6. The van der Waals surface area contributed by atoms with Crippen molar-refractivity contribution in [2.75, 3.05) is 26.2 Å². The third-order valence-corrected chi connectivity index (χ3v) is 7.57. The van der Waals surface area contributed by atoms with Gasteiger partial charge in [-0.2, -0.15) is 0 Å². The van der Waals surface area contributed by atoms with Crippen LogP contribution >= 0.6 is 0 Å². The van der Waals surface area contributed by atoms with Gasteiger partial charge in [0.2, 0.25) is 5.91 Å². The minimum absolute atomic E-state index is 0.0345. The lowest BCUT2D eigenvalue weighted by Gasteiger charge is -2.29. The summed E-state index contributed by atoms with van der Waals surface area (Å²) in [5.41, 5.74) is 4.48. The topological polar surface area (TPSA) is 108 Å². The molecule has 0 bridgehead atoms. The molecular weight excluding hydrogens is 494 g/mol. The average molecular weight is 528 g/mol. The first kappa shape index (κ1) is 26.4. The minimum Gasteiger partial charge on any atom is -0.481 e. The Bertz CT molecular complexity index is 1300. The molecule has 1 atom stereocenters. The Morgan fingerprint density at radius 1 is 0.923 bits per heavy atom. The van der Waals surface area contributed by atoms with E-state index in [4.69, 9.17) is 9.84 Å². The maximum absolute atomic E-state index is 13.4. The Labute approximate surface area is 228 Å². The molecule has 1 aliphatic heterocycles. The lowest BCUT2D eigenvalue weighted by molar-refractivity contribution is -0.137. The fourth-order valence-corrected chi connectivity index (χ4v) is 5.65. The van der Waals surface area contributed by atoms with E-state index in [1.807, 2.05) is 54.6 Å². The van der Waals surface area contributed by atoms with Gasteiger partial charge < -0.3 is 20.5 Å². The summed E-state index contributed by atoms with van der Waals surface area (Å²) in [6.45, 7) is 1.99. The quantitative estimate of drug-likeness (QED) is 0.342. The second-order valence-corrected chi connectivity index (χ2v) is 10.2. The van der Waals surface area contributed by atoms with E-state index in [1.54, 1.807) is 0 Å². The molecule has 0 aromatic heterocycles. The van der Waals surface area contributed by atoms with Gasteiger partial charge in [0, 0.05) is 38.5 Å². The minimum atomic E-state index is -1.17. The highest BCUT2D eigenvalue weighted by atomic mass is 16.5. The first-order valence-corrected chi connectivity index (χ1v) is 13.3. The number of aliphatic carboxylic acids is 1. The molecule has 0 saturated carbocycles. The van der Waals surface area contributed by atoms with Crippen LogP contribution in [0.1, 0.15) is 41.9 Å². The predicted molar refractivity (Wildman–Crippen MR) is 147 cm³/mol. The molecule has 5 rings (SSSR count). The Balaban J connectivity index is 1.27. The van der Waals surface area contributed by atoms with E-state index in [2.05, 4.69) is 39.8 Å². The maximum atomic E-state index is 13.4. The summed E-state index contributed by atoms with van der Waals surface area (Å²) < 4.78 is 5.76. The van der Waals surface area contributed by atoms with Gasteiger partial charge in [0.15, 0.2) is 0 Å². The second-order valence-electron chi connectivity index (χ2n) is 10.2. The van der Waals surface area contributed by atoms with Crippen LogP contribution in [0.3, 0.4) is 0 Å². The Kier molecular flexibility index (Phi) is 7.93. The number of rotatable bonds is 10. The number of carboxylic acids is 1. The number of amides is 2. The van der Waals surface area contributed by atoms with Crippen molar-refractivity contribution in [1.29, 1.82) is 0 Å². The summed E-state index contributed by atoms with van der Waals surface area (Å²) in [7, 11) is 0. The number of nitrogens with one attached hydrogen (secondary N) is 2. The Hall–Kier alpha value is -4.17. The van der Waals surface area contributed by atoms with Gasteiger partial charge in [-0.15, -0.1) is 0 Å². The second kappa shape index (κ2) is 11.7. The van der Waals surface area contributed by atoms with Crippen molar-refractivity contribution in [2.45, 2.75) is 37.3 Å². The average Bonchev–Trinajstić information content (AvgIpc) is 3.49. The number of benzene rings is 3. The first-order valence-electron chi connectivity index (χ1n) is 13.3. The van der Waals surface area contributed by atoms with Gasteiger partial charge in [-0.05, 0) is 40.7 Å². The number of hydrogen-bond donors (Lipinski definition) is 3. The number of ether oxygens (including phenoxy) is 1. The van der Waals surface area contributed by atoms with Crippen molar-refractivity contribution < 1.29 is 24.2 Å². The van der Waals surface area contributed by atoms with Crippen LogP contribution < -0.4 is 10.6 Å². The van der Waals surface area contributed by atoms with E-state index in [9.17, 15) is 14.4 Å². The van der Waals surface area contributed by atoms with Crippen molar-refractivity contribution in [1.82, 2.24) is 15.5 Å². The van der Waals surface area contributed by atoms with E-state index in [-0.39, 0.29) is 31.4 Å². The Morgan fingerprint density at radius 2 is 1.56 bits per heavy atom. The van der Waals surface area contributed by atoms with Crippen LogP contribution in [-0.4, -0.2) is 59.8 Å². The monoisotopic (exact) mass is 527 g/mol. The molecule has 1 fully saturated rings. The molecule has 0 radical (unpaired) electrons. The smallest absolute Gasteiger partial charge is 0.408 e. The van der Waals surface area contributed by atoms with E-state index in [0.29, 0.717) is 32.5 Å². The van der Waals surface area contributed by atoms with Gasteiger partial charge >= 0.3 is 12.1 Å². The lowest BCUT2D eigenvalue weighted by Crippen LogP contribution is -2.60. The number of carbonyl (C=O) groups excluding carboxylic acids is 2. The van der Waals surface area contributed by atoms with Crippen LogP contribution in [0, 0.1) is 0 Å². The van der Waals surface area contributed by atoms with Crippen LogP contribution in [0.5, 0.6) is 0 Å². The standard InChI is InChI=1S/C31H33N3O5/c35-28(36)15-8-17-32-29(37)31(16-18-34(21-31)19-22-9-2-1-3-10-22)33-30(38)39-20-27-25-13-6-4-11-23(25)24-12-5-7-14-26(24)27/h1-7,9-14,27H,8,15-21H2,(H,32,37)(H,33,38)(H,35,36). The van der Waals surface area contributed by atoms with Gasteiger partial charge in [-0.1, -0.05) is 78.9 Å². The largest absolute Gasteiger partial charge is 0.481 e.